The van der Waals surface area contributed by atoms with Gasteiger partial charge in [-0.05, 0) is 42.7 Å². The lowest BCUT2D eigenvalue weighted by atomic mass is 10.1. The van der Waals surface area contributed by atoms with Crippen LogP contribution in [-0.4, -0.2) is 10.9 Å². The molecule has 0 aromatic heterocycles. The first-order valence-corrected chi connectivity index (χ1v) is 8.98. The molecule has 0 amide bonds. The lowest BCUT2D eigenvalue weighted by Gasteiger charge is -2.13. The summed E-state index contributed by atoms with van der Waals surface area (Å²) in [4.78, 5) is 25.9. The second kappa shape index (κ2) is 8.11. The summed E-state index contributed by atoms with van der Waals surface area (Å²) in [6, 6.07) is 13.3. The maximum atomic E-state index is 11.8. The van der Waals surface area contributed by atoms with Gasteiger partial charge in [-0.15, -0.1) is 0 Å². The molecule has 2 aromatic carbocycles. The summed E-state index contributed by atoms with van der Waals surface area (Å²) >= 11 is 0. The number of rotatable bonds is 7. The third-order valence-electron chi connectivity index (χ3n) is 3.24. The molecule has 128 valence electrons. The topological polar surface area (TPSA) is 82.1 Å². The third kappa shape index (κ3) is 5.20. The Morgan fingerprint density at radius 3 is 2.42 bits per heavy atom. The molecule has 0 aliphatic carbocycles. The van der Waals surface area contributed by atoms with Crippen LogP contribution >= 0.6 is 7.82 Å². The van der Waals surface area contributed by atoms with E-state index in [0.29, 0.717) is 5.56 Å². The second-order valence-electron chi connectivity index (χ2n) is 5.22. The highest BCUT2D eigenvalue weighted by Crippen LogP contribution is 2.45. The third-order valence-corrected chi connectivity index (χ3v) is 3.93. The summed E-state index contributed by atoms with van der Waals surface area (Å²) in [6.45, 7) is 3.77. The van der Waals surface area contributed by atoms with Crippen LogP contribution < -0.4 is 4.52 Å². The second-order valence-corrected chi connectivity index (χ2v) is 6.49. The number of hydrogen-bond acceptors (Lipinski definition) is 5. The molecule has 0 saturated carbocycles. The highest BCUT2D eigenvalue weighted by atomic mass is 31.2. The SMILES string of the molecule is CCCc1ccc(C(=O)OOP(=O)(O)Oc2ccccc2C)cc1. The Labute approximate surface area is 140 Å². The molecule has 0 heterocycles. The van der Waals surface area contributed by atoms with E-state index in [9.17, 15) is 14.3 Å². The molecule has 0 spiro atoms. The van der Waals surface area contributed by atoms with Crippen molar-refractivity contribution in [2.24, 2.45) is 0 Å². The van der Waals surface area contributed by atoms with Crippen LogP contribution in [0.2, 0.25) is 0 Å². The van der Waals surface area contributed by atoms with Crippen LogP contribution in [0.1, 0.15) is 34.8 Å². The number of benzene rings is 2. The number of carbonyl (C=O) groups excluding carboxylic acids is 1. The van der Waals surface area contributed by atoms with Crippen molar-refractivity contribution in [1.29, 1.82) is 0 Å². The van der Waals surface area contributed by atoms with Crippen LogP contribution in [0.15, 0.2) is 48.5 Å². The normalized spacial score (nSPS) is 13.1. The molecule has 6 nitrogen and oxygen atoms in total. The number of hydrogen-bond donors (Lipinski definition) is 1. The van der Waals surface area contributed by atoms with E-state index < -0.39 is 13.8 Å². The molecule has 0 radical (unpaired) electrons. The maximum absolute atomic E-state index is 11.8. The zero-order chi connectivity index (χ0) is 17.6. The summed E-state index contributed by atoms with van der Waals surface area (Å²) in [5.74, 6) is -0.705. The van der Waals surface area contributed by atoms with Crippen molar-refractivity contribution in [3.05, 3.63) is 65.2 Å². The van der Waals surface area contributed by atoms with Crippen molar-refractivity contribution < 1.29 is 28.3 Å². The van der Waals surface area contributed by atoms with Crippen LogP contribution in [0.3, 0.4) is 0 Å². The van der Waals surface area contributed by atoms with Crippen molar-refractivity contribution in [1.82, 2.24) is 0 Å². The number of carbonyl (C=O) groups is 1. The molecule has 1 unspecified atom stereocenters. The number of aryl methyl sites for hydroxylation is 2. The van der Waals surface area contributed by atoms with Gasteiger partial charge < -0.3 is 4.52 Å². The molecule has 1 atom stereocenters. The number of para-hydroxylation sites is 1. The van der Waals surface area contributed by atoms with Crippen LogP contribution in [-0.2, 0) is 20.5 Å². The van der Waals surface area contributed by atoms with E-state index in [1.54, 1.807) is 49.4 Å². The standard InChI is InChI=1S/C17H19O6P/c1-3-6-14-9-11-15(12-10-14)17(18)21-23-24(19,20)22-16-8-5-4-7-13(16)2/h4-5,7-12H,3,6H2,1-2H3,(H,19,20). The average molecular weight is 350 g/mol. The predicted molar refractivity (Wildman–Crippen MR) is 88.6 cm³/mol. The summed E-state index contributed by atoms with van der Waals surface area (Å²) < 4.78 is 21.0. The Morgan fingerprint density at radius 2 is 1.79 bits per heavy atom. The first-order chi connectivity index (χ1) is 11.4. The van der Waals surface area contributed by atoms with Crippen molar-refractivity contribution in [3.8, 4) is 5.75 Å². The number of phosphoric ester groups is 1. The molecule has 0 fully saturated rings. The van der Waals surface area contributed by atoms with Gasteiger partial charge in [-0.3, -0.25) is 9.78 Å². The van der Waals surface area contributed by atoms with Gasteiger partial charge in [-0.25, -0.2) is 9.36 Å². The van der Waals surface area contributed by atoms with Gasteiger partial charge in [-0.2, -0.15) is 0 Å². The average Bonchev–Trinajstić information content (AvgIpc) is 2.56. The van der Waals surface area contributed by atoms with Gasteiger partial charge in [0.2, 0.25) is 0 Å². The van der Waals surface area contributed by atoms with Gasteiger partial charge in [0.1, 0.15) is 5.75 Å². The van der Waals surface area contributed by atoms with E-state index in [4.69, 9.17) is 4.52 Å². The first-order valence-electron chi connectivity index (χ1n) is 7.49. The van der Waals surface area contributed by atoms with E-state index in [2.05, 4.69) is 16.5 Å². The van der Waals surface area contributed by atoms with Gasteiger partial charge in [0.25, 0.3) is 0 Å². The lowest BCUT2D eigenvalue weighted by molar-refractivity contribution is -0.165. The van der Waals surface area contributed by atoms with Gasteiger partial charge in [0.15, 0.2) is 0 Å². The molecule has 0 aliphatic heterocycles. The van der Waals surface area contributed by atoms with Crippen molar-refractivity contribution in [2.75, 3.05) is 0 Å². The molecule has 7 heteroatoms. The fourth-order valence-corrected chi connectivity index (χ4v) is 2.67. The smallest absolute Gasteiger partial charge is 0.402 e. The highest BCUT2D eigenvalue weighted by Gasteiger charge is 2.28. The molecule has 0 saturated heterocycles. The summed E-state index contributed by atoms with van der Waals surface area (Å²) in [7, 11) is -4.58. The van der Waals surface area contributed by atoms with Gasteiger partial charge in [0.05, 0.1) is 5.56 Å². The maximum Gasteiger partial charge on any atom is 0.564 e. The molecule has 2 rings (SSSR count). The molecule has 24 heavy (non-hydrogen) atoms. The molecular weight excluding hydrogens is 331 g/mol. The van der Waals surface area contributed by atoms with Crippen molar-refractivity contribution in [2.45, 2.75) is 26.7 Å². The van der Waals surface area contributed by atoms with E-state index >= 15 is 0 Å². The Bertz CT molecular complexity index is 741. The van der Waals surface area contributed by atoms with E-state index in [1.807, 2.05) is 0 Å². The van der Waals surface area contributed by atoms with Crippen LogP contribution in [0.5, 0.6) is 5.75 Å². The minimum atomic E-state index is -4.58. The highest BCUT2D eigenvalue weighted by molar-refractivity contribution is 7.47. The predicted octanol–water partition coefficient (Wildman–Crippen LogP) is 4.22. The summed E-state index contributed by atoms with van der Waals surface area (Å²) in [5, 5.41) is 0. The Kier molecular flexibility index (Phi) is 6.15. The fraction of sp³-hybridized carbons (Fsp3) is 0.235. The quantitative estimate of drug-likeness (QED) is 0.457. The Balaban J connectivity index is 1.94. The molecule has 0 bridgehead atoms. The van der Waals surface area contributed by atoms with Crippen LogP contribution in [0.25, 0.3) is 0 Å². The van der Waals surface area contributed by atoms with Crippen LogP contribution in [0.4, 0.5) is 0 Å². The Morgan fingerprint density at radius 1 is 1.12 bits per heavy atom. The lowest BCUT2D eigenvalue weighted by Crippen LogP contribution is -2.07. The largest absolute Gasteiger partial charge is 0.564 e. The van der Waals surface area contributed by atoms with Crippen molar-refractivity contribution >= 4 is 13.8 Å². The zero-order valence-electron chi connectivity index (χ0n) is 13.5. The van der Waals surface area contributed by atoms with E-state index in [1.165, 1.54) is 6.07 Å². The van der Waals surface area contributed by atoms with E-state index in [-0.39, 0.29) is 11.3 Å². The van der Waals surface area contributed by atoms with Crippen molar-refractivity contribution in [3.63, 3.8) is 0 Å². The fourth-order valence-electron chi connectivity index (χ4n) is 2.02. The first kappa shape index (κ1) is 18.2. The summed E-state index contributed by atoms with van der Waals surface area (Å²) in [5.41, 5.74) is 1.95. The van der Waals surface area contributed by atoms with Crippen LogP contribution in [0, 0.1) is 6.92 Å². The van der Waals surface area contributed by atoms with E-state index in [0.717, 1.165) is 18.4 Å². The molecule has 1 N–H and O–H groups in total. The van der Waals surface area contributed by atoms with Gasteiger partial charge in [0, 0.05) is 0 Å². The monoisotopic (exact) mass is 350 g/mol. The zero-order valence-corrected chi connectivity index (χ0v) is 14.4. The summed E-state index contributed by atoms with van der Waals surface area (Å²) in [6.07, 6.45) is 1.90. The minimum absolute atomic E-state index is 0.170. The molecule has 2 aromatic rings. The van der Waals surface area contributed by atoms with Gasteiger partial charge in [-0.1, -0.05) is 48.4 Å². The molecular formula is C17H19O6P. The molecule has 0 aliphatic rings. The minimum Gasteiger partial charge on any atom is -0.402 e. The number of phosphoric acid groups is 1. The Hall–Kier alpha value is -2.14. The van der Waals surface area contributed by atoms with Gasteiger partial charge >= 0.3 is 13.8 Å².